The normalized spacial score (nSPS) is 11.6. The fourth-order valence-corrected chi connectivity index (χ4v) is 6.01. The Kier molecular flexibility index (Phi) is 14.1. The zero-order chi connectivity index (χ0) is 37.2. The summed E-state index contributed by atoms with van der Waals surface area (Å²) < 4.78 is 3.54. The first-order valence-corrected chi connectivity index (χ1v) is 18.2. The third-order valence-corrected chi connectivity index (χ3v) is 9.67. The maximum absolute atomic E-state index is 13.1. The summed E-state index contributed by atoms with van der Waals surface area (Å²) >= 11 is 15.8. The summed E-state index contributed by atoms with van der Waals surface area (Å²) in [6.45, 7) is 10.6. The Morgan fingerprint density at radius 2 is 1.16 bits per heavy atom. The first kappa shape index (κ1) is 39.5. The van der Waals surface area contributed by atoms with Gasteiger partial charge in [0.15, 0.2) is 0 Å². The third kappa shape index (κ3) is 10.8. The van der Waals surface area contributed by atoms with E-state index in [4.69, 9.17) is 43.1 Å². The number of benzene rings is 4. The fraction of sp³-hybridized carbons (Fsp3) is 0.275. The molecule has 6 rings (SSSR count). The number of nitrogens with zero attached hydrogens (tertiary/aromatic N) is 4. The van der Waals surface area contributed by atoms with Gasteiger partial charge in [-0.05, 0) is 59.4 Å². The number of aliphatic carboxylic acids is 1. The molecular formula is C40H41BrCl2N4O4. The minimum absolute atomic E-state index is 0.00818. The molecule has 0 aliphatic carbocycles. The van der Waals surface area contributed by atoms with E-state index in [2.05, 4.69) is 43.6 Å². The molecule has 1 N–H and O–H groups in total. The van der Waals surface area contributed by atoms with Gasteiger partial charge in [0.1, 0.15) is 11.6 Å². The second kappa shape index (κ2) is 18.3. The lowest BCUT2D eigenvalue weighted by Crippen LogP contribution is -2.27. The smallest absolute Gasteiger partial charge is 0.300 e. The molecule has 0 amide bonds. The SMILES string of the molecule is CC(=O)O.CC(C)C(Br)c1nc2cc(Cl)ccc2c(=O)n1Cc1ccccc1.CC(C)Cc1nc2cc(Cl)ccc2c(=O)n1Cc1ccccc1. The number of fused-ring (bicyclic) bond motifs is 2. The highest BCUT2D eigenvalue weighted by molar-refractivity contribution is 9.09. The second-order valence-corrected chi connectivity index (χ2v) is 14.7. The summed E-state index contributed by atoms with van der Waals surface area (Å²) in [4.78, 5) is 44.4. The van der Waals surface area contributed by atoms with Crippen molar-refractivity contribution in [2.45, 2.75) is 59.0 Å². The maximum atomic E-state index is 13.1. The minimum atomic E-state index is -0.833. The number of hydrogen-bond donors (Lipinski definition) is 1. The number of alkyl halides is 1. The predicted octanol–water partition coefficient (Wildman–Crippen LogP) is 9.58. The highest BCUT2D eigenvalue weighted by Gasteiger charge is 2.21. The summed E-state index contributed by atoms with van der Waals surface area (Å²) in [5.74, 6) is 1.42. The highest BCUT2D eigenvalue weighted by atomic mass is 79.9. The van der Waals surface area contributed by atoms with Crippen LogP contribution >= 0.6 is 39.1 Å². The van der Waals surface area contributed by atoms with E-state index >= 15 is 0 Å². The first-order chi connectivity index (χ1) is 24.2. The predicted molar refractivity (Wildman–Crippen MR) is 211 cm³/mol. The van der Waals surface area contributed by atoms with Crippen LogP contribution in [-0.4, -0.2) is 30.2 Å². The Hall–Kier alpha value is -4.31. The summed E-state index contributed by atoms with van der Waals surface area (Å²) in [6.07, 6.45) is 0.754. The Labute approximate surface area is 315 Å². The molecule has 0 aliphatic rings. The van der Waals surface area contributed by atoms with Crippen molar-refractivity contribution in [3.8, 4) is 0 Å². The molecule has 11 heteroatoms. The first-order valence-electron chi connectivity index (χ1n) is 16.6. The highest BCUT2D eigenvalue weighted by Crippen LogP contribution is 2.30. The van der Waals surface area contributed by atoms with Crippen molar-refractivity contribution in [3.05, 3.63) is 151 Å². The van der Waals surface area contributed by atoms with Crippen LogP contribution in [0.4, 0.5) is 0 Å². The molecule has 266 valence electrons. The van der Waals surface area contributed by atoms with Gasteiger partial charge in [-0.25, -0.2) is 9.97 Å². The molecule has 0 saturated carbocycles. The van der Waals surface area contributed by atoms with Crippen LogP contribution in [0.3, 0.4) is 0 Å². The van der Waals surface area contributed by atoms with Crippen molar-refractivity contribution in [1.29, 1.82) is 0 Å². The van der Waals surface area contributed by atoms with Gasteiger partial charge in [0.05, 0.1) is 39.7 Å². The zero-order valence-electron chi connectivity index (χ0n) is 29.2. The number of halogens is 3. The molecule has 4 aromatic carbocycles. The third-order valence-electron chi connectivity index (χ3n) is 7.73. The number of rotatable bonds is 8. The molecule has 1 unspecified atom stereocenters. The van der Waals surface area contributed by atoms with Crippen LogP contribution in [0.5, 0.6) is 0 Å². The second-order valence-electron chi connectivity index (χ2n) is 12.8. The average Bonchev–Trinajstić information content (AvgIpc) is 3.08. The molecule has 51 heavy (non-hydrogen) atoms. The van der Waals surface area contributed by atoms with Crippen molar-refractivity contribution in [2.24, 2.45) is 11.8 Å². The van der Waals surface area contributed by atoms with E-state index in [-0.39, 0.29) is 15.9 Å². The van der Waals surface area contributed by atoms with Crippen LogP contribution in [0.1, 0.15) is 62.2 Å². The Morgan fingerprint density at radius 1 is 0.725 bits per heavy atom. The molecule has 0 radical (unpaired) electrons. The Morgan fingerprint density at radius 3 is 1.61 bits per heavy atom. The summed E-state index contributed by atoms with van der Waals surface area (Å²) in [5.41, 5.74) is 3.42. The van der Waals surface area contributed by atoms with E-state index in [0.29, 0.717) is 56.8 Å². The van der Waals surface area contributed by atoms with Crippen molar-refractivity contribution in [2.75, 3.05) is 0 Å². The monoisotopic (exact) mass is 790 g/mol. The van der Waals surface area contributed by atoms with Gasteiger partial charge in [-0.3, -0.25) is 23.5 Å². The number of carbonyl (C=O) groups is 1. The van der Waals surface area contributed by atoms with E-state index in [9.17, 15) is 9.59 Å². The van der Waals surface area contributed by atoms with Crippen LogP contribution in [0.2, 0.25) is 10.0 Å². The topological polar surface area (TPSA) is 107 Å². The maximum Gasteiger partial charge on any atom is 0.300 e. The minimum Gasteiger partial charge on any atom is -0.481 e. The molecule has 2 heterocycles. The van der Waals surface area contributed by atoms with Crippen molar-refractivity contribution in [1.82, 2.24) is 19.1 Å². The van der Waals surface area contributed by atoms with Gasteiger partial charge in [-0.2, -0.15) is 0 Å². The van der Waals surface area contributed by atoms with Crippen LogP contribution in [0.25, 0.3) is 21.8 Å². The van der Waals surface area contributed by atoms with Crippen molar-refractivity contribution >= 4 is 66.9 Å². The van der Waals surface area contributed by atoms with E-state index in [0.717, 1.165) is 36.1 Å². The lowest BCUT2D eigenvalue weighted by Gasteiger charge is -2.20. The van der Waals surface area contributed by atoms with Crippen LogP contribution in [0, 0.1) is 11.8 Å². The fourth-order valence-electron chi connectivity index (χ4n) is 5.33. The van der Waals surface area contributed by atoms with E-state index in [1.54, 1.807) is 45.5 Å². The molecule has 0 aliphatic heterocycles. The van der Waals surface area contributed by atoms with Crippen LogP contribution in [-0.2, 0) is 24.3 Å². The van der Waals surface area contributed by atoms with E-state index in [1.165, 1.54) is 0 Å². The summed E-state index contributed by atoms with van der Waals surface area (Å²) in [7, 11) is 0. The van der Waals surface area contributed by atoms with Gasteiger partial charge < -0.3 is 5.11 Å². The standard InChI is InChI=1S/C19H18BrClN2O.C19H19ClN2O.C2H4O2/c1-12(2)17(20)18-22-16-10-14(21)8-9-15(16)19(24)23(18)11-13-6-4-3-5-7-13;1-13(2)10-18-21-17-11-15(20)8-9-16(17)19(23)22(18)12-14-6-4-3-5-7-14;1-2(3)4/h3-10,12,17H,11H2,1-2H3;3-9,11,13H,10,12H2,1-2H3;1H3,(H,3,4). The molecule has 8 nitrogen and oxygen atoms in total. The van der Waals surface area contributed by atoms with Crippen molar-refractivity contribution in [3.63, 3.8) is 0 Å². The molecule has 0 saturated heterocycles. The summed E-state index contributed by atoms with van der Waals surface area (Å²) in [6, 6.07) is 30.4. The molecule has 0 bridgehead atoms. The number of carboxylic acids is 1. The molecule has 1 atom stereocenters. The lowest BCUT2D eigenvalue weighted by atomic mass is 10.1. The van der Waals surface area contributed by atoms with Gasteiger partial charge >= 0.3 is 0 Å². The van der Waals surface area contributed by atoms with E-state index < -0.39 is 5.97 Å². The molecule has 0 spiro atoms. The van der Waals surface area contributed by atoms with Crippen LogP contribution < -0.4 is 11.1 Å². The number of hydrogen-bond acceptors (Lipinski definition) is 5. The quantitative estimate of drug-likeness (QED) is 0.154. The van der Waals surface area contributed by atoms with Gasteiger partial charge in [-0.1, -0.05) is 127 Å². The molecule has 6 aromatic rings. The number of aromatic nitrogens is 4. The van der Waals surface area contributed by atoms with Crippen molar-refractivity contribution < 1.29 is 9.90 Å². The van der Waals surface area contributed by atoms with Gasteiger partial charge in [0, 0.05) is 23.4 Å². The Balaban J connectivity index is 0.000000207. The lowest BCUT2D eigenvalue weighted by molar-refractivity contribution is -0.134. The summed E-state index contributed by atoms with van der Waals surface area (Å²) in [5, 5.41) is 9.79. The van der Waals surface area contributed by atoms with E-state index in [1.807, 2.05) is 60.7 Å². The average molecular weight is 793 g/mol. The molecule has 0 fully saturated rings. The van der Waals surface area contributed by atoms with Gasteiger partial charge in [-0.15, -0.1) is 0 Å². The van der Waals surface area contributed by atoms with Gasteiger partial charge in [0.2, 0.25) is 0 Å². The molecule has 2 aromatic heterocycles. The van der Waals surface area contributed by atoms with Gasteiger partial charge in [0.25, 0.3) is 17.1 Å². The zero-order valence-corrected chi connectivity index (χ0v) is 32.3. The molecular weight excluding hydrogens is 751 g/mol. The number of carboxylic acid groups (broad SMARTS) is 1. The van der Waals surface area contributed by atoms with Crippen LogP contribution in [0.15, 0.2) is 107 Å². The largest absolute Gasteiger partial charge is 0.481 e. The Bertz CT molecular complexity index is 2220.